The van der Waals surface area contributed by atoms with E-state index in [0.717, 1.165) is 26.1 Å². The first-order chi connectivity index (χ1) is 8.12. The molecule has 0 saturated heterocycles. The molecule has 0 N–H and O–H groups in total. The molecule has 0 aromatic heterocycles. The standard InChI is InChI=1S/C13H21IO2Si/c1-4-9-15-17(3,16-10-5-2)13-8-6-7-12(14)11-13/h6-8,11H,4-5,9-10H2,1-3H3. The first kappa shape index (κ1) is 15.1. The predicted octanol–water partition coefficient (Wildman–Crippen LogP) is 3.42. The van der Waals surface area contributed by atoms with E-state index in [4.69, 9.17) is 8.85 Å². The molecule has 0 saturated carbocycles. The lowest BCUT2D eigenvalue weighted by molar-refractivity contribution is 0.185. The first-order valence-corrected chi connectivity index (χ1v) is 9.56. The minimum atomic E-state index is -2.20. The van der Waals surface area contributed by atoms with E-state index in [1.165, 1.54) is 8.76 Å². The van der Waals surface area contributed by atoms with Crippen LogP contribution in [0.4, 0.5) is 0 Å². The van der Waals surface area contributed by atoms with Crippen molar-refractivity contribution in [3.05, 3.63) is 27.8 Å². The van der Waals surface area contributed by atoms with Gasteiger partial charge in [0, 0.05) is 16.8 Å². The molecule has 96 valence electrons. The zero-order valence-corrected chi connectivity index (χ0v) is 14.0. The van der Waals surface area contributed by atoms with Crippen LogP contribution in [0.2, 0.25) is 6.55 Å². The summed E-state index contributed by atoms with van der Waals surface area (Å²) in [7, 11) is -2.20. The van der Waals surface area contributed by atoms with Crippen molar-refractivity contribution in [3.8, 4) is 0 Å². The topological polar surface area (TPSA) is 18.5 Å². The Hall–Kier alpha value is 0.0869. The zero-order valence-electron chi connectivity index (χ0n) is 10.8. The third-order valence-corrected chi connectivity index (χ3v) is 6.05. The van der Waals surface area contributed by atoms with E-state index in [1.807, 2.05) is 0 Å². The molecule has 0 atom stereocenters. The summed E-state index contributed by atoms with van der Waals surface area (Å²) in [5.74, 6) is 0. The molecule has 2 nitrogen and oxygen atoms in total. The fraction of sp³-hybridized carbons (Fsp3) is 0.538. The molecule has 0 aliphatic carbocycles. The van der Waals surface area contributed by atoms with Gasteiger partial charge in [-0.2, -0.15) is 0 Å². The largest absolute Gasteiger partial charge is 0.391 e. The maximum absolute atomic E-state index is 6.04. The van der Waals surface area contributed by atoms with Crippen molar-refractivity contribution in [2.45, 2.75) is 33.2 Å². The van der Waals surface area contributed by atoms with Crippen molar-refractivity contribution in [3.63, 3.8) is 0 Å². The lowest BCUT2D eigenvalue weighted by Crippen LogP contribution is -2.51. The number of hydrogen-bond donors (Lipinski definition) is 0. The van der Waals surface area contributed by atoms with Crippen molar-refractivity contribution < 1.29 is 8.85 Å². The van der Waals surface area contributed by atoms with E-state index < -0.39 is 8.56 Å². The van der Waals surface area contributed by atoms with E-state index in [-0.39, 0.29) is 0 Å². The summed E-state index contributed by atoms with van der Waals surface area (Å²) in [6, 6.07) is 8.48. The lowest BCUT2D eigenvalue weighted by Gasteiger charge is -2.27. The van der Waals surface area contributed by atoms with Gasteiger partial charge in [-0.05, 0) is 59.3 Å². The van der Waals surface area contributed by atoms with Crippen LogP contribution >= 0.6 is 22.6 Å². The molecule has 0 fully saturated rings. The van der Waals surface area contributed by atoms with Crippen LogP contribution in [0.15, 0.2) is 24.3 Å². The molecule has 1 aromatic rings. The Balaban J connectivity index is 2.87. The van der Waals surface area contributed by atoms with Gasteiger partial charge in [-0.1, -0.05) is 26.0 Å². The van der Waals surface area contributed by atoms with E-state index in [1.54, 1.807) is 0 Å². The molecule has 0 aliphatic rings. The van der Waals surface area contributed by atoms with Crippen LogP contribution in [-0.2, 0) is 8.85 Å². The highest BCUT2D eigenvalue weighted by atomic mass is 127. The van der Waals surface area contributed by atoms with E-state index in [0.29, 0.717) is 0 Å². The predicted molar refractivity (Wildman–Crippen MR) is 82.9 cm³/mol. The minimum Gasteiger partial charge on any atom is -0.391 e. The van der Waals surface area contributed by atoms with Crippen LogP contribution in [0, 0.1) is 3.57 Å². The molecule has 1 aromatic carbocycles. The molecule has 0 heterocycles. The summed E-state index contributed by atoms with van der Waals surface area (Å²) in [6.07, 6.45) is 2.06. The number of benzene rings is 1. The minimum absolute atomic E-state index is 0.776. The molecule has 1 rings (SSSR count). The summed E-state index contributed by atoms with van der Waals surface area (Å²) in [5.41, 5.74) is 0. The fourth-order valence-corrected chi connectivity index (χ4v) is 4.83. The monoisotopic (exact) mass is 364 g/mol. The number of halogens is 1. The number of rotatable bonds is 7. The highest BCUT2D eigenvalue weighted by Gasteiger charge is 2.34. The van der Waals surface area contributed by atoms with E-state index >= 15 is 0 Å². The molecule has 0 spiro atoms. The van der Waals surface area contributed by atoms with Crippen molar-refractivity contribution in [1.29, 1.82) is 0 Å². The van der Waals surface area contributed by atoms with Crippen LogP contribution in [0.25, 0.3) is 0 Å². The highest BCUT2D eigenvalue weighted by Crippen LogP contribution is 2.12. The molecule has 0 aliphatic heterocycles. The van der Waals surface area contributed by atoms with Crippen molar-refractivity contribution in [1.82, 2.24) is 0 Å². The maximum Gasteiger partial charge on any atom is 0.369 e. The van der Waals surface area contributed by atoms with Crippen LogP contribution in [0.3, 0.4) is 0 Å². The SMILES string of the molecule is CCCO[Si](C)(OCCC)c1cccc(I)c1. The van der Waals surface area contributed by atoms with Gasteiger partial charge in [-0.15, -0.1) is 0 Å². The Labute approximate surface area is 119 Å². The normalized spacial score (nSPS) is 11.8. The molecule has 4 heteroatoms. The summed E-state index contributed by atoms with van der Waals surface area (Å²) in [4.78, 5) is 0. The lowest BCUT2D eigenvalue weighted by atomic mass is 10.4. The van der Waals surface area contributed by atoms with E-state index in [2.05, 4.69) is 67.3 Å². The van der Waals surface area contributed by atoms with Gasteiger partial charge in [0.1, 0.15) is 0 Å². The summed E-state index contributed by atoms with van der Waals surface area (Å²) < 4.78 is 13.3. The molecule has 0 radical (unpaired) electrons. The van der Waals surface area contributed by atoms with Gasteiger partial charge >= 0.3 is 8.56 Å². The van der Waals surface area contributed by atoms with Gasteiger partial charge in [0.15, 0.2) is 0 Å². The summed E-state index contributed by atoms with van der Waals surface area (Å²) >= 11 is 2.33. The second-order valence-electron chi connectivity index (χ2n) is 4.15. The summed E-state index contributed by atoms with van der Waals surface area (Å²) in [6.45, 7) is 7.95. The second kappa shape index (κ2) is 7.51. The molecule has 17 heavy (non-hydrogen) atoms. The second-order valence-corrected chi connectivity index (χ2v) is 8.44. The Bertz CT molecular complexity index is 336. The zero-order chi connectivity index (χ0) is 12.7. The fourth-order valence-electron chi connectivity index (χ4n) is 1.57. The smallest absolute Gasteiger partial charge is 0.369 e. The van der Waals surface area contributed by atoms with Crippen molar-refractivity contribution in [2.24, 2.45) is 0 Å². The Morgan fingerprint density at radius 3 is 2.18 bits per heavy atom. The summed E-state index contributed by atoms with van der Waals surface area (Å²) in [5, 5.41) is 1.23. The molecular weight excluding hydrogens is 343 g/mol. The molecule has 0 bridgehead atoms. The van der Waals surface area contributed by atoms with E-state index in [9.17, 15) is 0 Å². The van der Waals surface area contributed by atoms with Gasteiger partial charge in [-0.3, -0.25) is 0 Å². The van der Waals surface area contributed by atoms with Crippen LogP contribution in [-0.4, -0.2) is 21.8 Å². The van der Waals surface area contributed by atoms with Gasteiger partial charge in [0.25, 0.3) is 0 Å². The third kappa shape index (κ3) is 4.69. The van der Waals surface area contributed by atoms with Crippen LogP contribution in [0.1, 0.15) is 26.7 Å². The molecule has 0 amide bonds. The molecular formula is C13H21IO2Si. The third-order valence-electron chi connectivity index (χ3n) is 2.51. The Morgan fingerprint density at radius 2 is 1.71 bits per heavy atom. The van der Waals surface area contributed by atoms with Crippen LogP contribution < -0.4 is 5.19 Å². The van der Waals surface area contributed by atoms with Gasteiger partial charge in [0.2, 0.25) is 0 Å². The van der Waals surface area contributed by atoms with Gasteiger partial charge < -0.3 is 8.85 Å². The van der Waals surface area contributed by atoms with Crippen molar-refractivity contribution >= 4 is 36.3 Å². The number of hydrogen-bond acceptors (Lipinski definition) is 2. The maximum atomic E-state index is 6.04. The van der Waals surface area contributed by atoms with Crippen molar-refractivity contribution in [2.75, 3.05) is 13.2 Å². The van der Waals surface area contributed by atoms with Crippen LogP contribution in [0.5, 0.6) is 0 Å². The molecule has 0 unspecified atom stereocenters. The average Bonchev–Trinajstić information content (AvgIpc) is 2.34. The first-order valence-electron chi connectivity index (χ1n) is 6.16. The Morgan fingerprint density at radius 1 is 1.12 bits per heavy atom. The van der Waals surface area contributed by atoms with Gasteiger partial charge in [-0.25, -0.2) is 0 Å². The Kier molecular flexibility index (Phi) is 6.69. The average molecular weight is 364 g/mol. The van der Waals surface area contributed by atoms with Gasteiger partial charge in [0.05, 0.1) is 0 Å². The quantitative estimate of drug-likeness (QED) is 0.545. The highest BCUT2D eigenvalue weighted by molar-refractivity contribution is 14.1.